The first-order valence-corrected chi connectivity index (χ1v) is 5.60. The monoisotopic (exact) mass is 262 g/mol. The molecule has 0 heterocycles. The molecule has 1 rings (SSSR count). The molecule has 0 amide bonds. The van der Waals surface area contributed by atoms with E-state index in [4.69, 9.17) is 10.5 Å². The van der Waals surface area contributed by atoms with Crippen LogP contribution < -0.4 is 10.5 Å². The maximum Gasteiger partial charge on any atom is 0.251 e. The van der Waals surface area contributed by atoms with E-state index in [-0.39, 0.29) is 18.8 Å². The molecule has 0 aliphatic carbocycles. The van der Waals surface area contributed by atoms with E-state index in [0.29, 0.717) is 12.1 Å². The van der Waals surface area contributed by atoms with Crippen molar-refractivity contribution in [2.24, 2.45) is 5.73 Å². The fourth-order valence-corrected chi connectivity index (χ4v) is 1.69. The van der Waals surface area contributed by atoms with E-state index < -0.39 is 18.8 Å². The zero-order valence-electron chi connectivity index (χ0n) is 10.2. The molecule has 3 nitrogen and oxygen atoms in total. The largest absolute Gasteiger partial charge is 0.494 e. The highest BCUT2D eigenvalue weighted by molar-refractivity contribution is 5.30. The number of methoxy groups -OCH3 is 1. The van der Waals surface area contributed by atoms with Gasteiger partial charge in [0, 0.05) is 25.2 Å². The van der Waals surface area contributed by atoms with Crippen molar-refractivity contribution in [3.05, 3.63) is 29.6 Å². The molecule has 1 aromatic rings. The van der Waals surface area contributed by atoms with Crippen LogP contribution >= 0.6 is 0 Å². The highest BCUT2D eigenvalue weighted by atomic mass is 19.3. The Balaban J connectivity index is 2.79. The summed E-state index contributed by atoms with van der Waals surface area (Å²) >= 11 is 0. The van der Waals surface area contributed by atoms with Crippen LogP contribution in [0.25, 0.3) is 0 Å². The van der Waals surface area contributed by atoms with Gasteiger partial charge in [-0.25, -0.2) is 13.2 Å². The standard InChI is InChI=1S/C12H17F3N2O/c1-18-10-4-2-3-9(12(10)15)7-17(6-5-16)8-11(13)14/h2-4,11H,5-8,16H2,1H3. The molecule has 18 heavy (non-hydrogen) atoms. The zero-order chi connectivity index (χ0) is 13.5. The number of rotatable bonds is 7. The number of hydrogen-bond donors (Lipinski definition) is 1. The third-order valence-electron chi connectivity index (χ3n) is 2.50. The Labute approximate surface area is 104 Å². The number of nitrogens with zero attached hydrogens (tertiary/aromatic N) is 1. The molecule has 0 aliphatic rings. The van der Waals surface area contributed by atoms with Gasteiger partial charge in [-0.1, -0.05) is 12.1 Å². The van der Waals surface area contributed by atoms with Crippen molar-refractivity contribution in [2.45, 2.75) is 13.0 Å². The van der Waals surface area contributed by atoms with Crippen LogP contribution in [0.1, 0.15) is 5.56 Å². The van der Waals surface area contributed by atoms with Crippen LogP contribution in [0.15, 0.2) is 18.2 Å². The molecule has 0 aliphatic heterocycles. The molecule has 0 atom stereocenters. The highest BCUT2D eigenvalue weighted by Gasteiger charge is 2.15. The summed E-state index contributed by atoms with van der Waals surface area (Å²) < 4.78 is 43.4. The van der Waals surface area contributed by atoms with Crippen LogP contribution in [0.4, 0.5) is 13.2 Å². The van der Waals surface area contributed by atoms with E-state index in [2.05, 4.69) is 0 Å². The van der Waals surface area contributed by atoms with Crippen LogP contribution in [0, 0.1) is 5.82 Å². The SMILES string of the molecule is COc1cccc(CN(CCN)CC(F)F)c1F. The summed E-state index contributed by atoms with van der Waals surface area (Å²) in [5.74, 6) is -0.409. The summed E-state index contributed by atoms with van der Waals surface area (Å²) in [6.07, 6.45) is -2.47. The Morgan fingerprint density at radius 1 is 1.39 bits per heavy atom. The lowest BCUT2D eigenvalue weighted by molar-refractivity contribution is 0.0856. The van der Waals surface area contributed by atoms with Crippen LogP contribution in [0.5, 0.6) is 5.75 Å². The molecule has 2 N–H and O–H groups in total. The summed E-state index contributed by atoms with van der Waals surface area (Å²) in [5, 5.41) is 0. The predicted octanol–water partition coefficient (Wildman–Crippen LogP) is 1.86. The minimum absolute atomic E-state index is 0.0879. The molecule has 102 valence electrons. The van der Waals surface area contributed by atoms with Crippen LogP contribution in [0.3, 0.4) is 0 Å². The van der Waals surface area contributed by atoms with Gasteiger partial charge in [-0.15, -0.1) is 0 Å². The van der Waals surface area contributed by atoms with Gasteiger partial charge in [-0.2, -0.15) is 0 Å². The average molecular weight is 262 g/mol. The molecule has 0 aromatic heterocycles. The molecule has 6 heteroatoms. The van der Waals surface area contributed by atoms with Gasteiger partial charge in [0.15, 0.2) is 11.6 Å². The third-order valence-corrected chi connectivity index (χ3v) is 2.50. The van der Waals surface area contributed by atoms with Crippen molar-refractivity contribution in [3.63, 3.8) is 0 Å². The number of nitrogens with two attached hydrogens (primary N) is 1. The summed E-state index contributed by atoms with van der Waals surface area (Å²) in [5.41, 5.74) is 5.67. The number of hydrogen-bond acceptors (Lipinski definition) is 3. The average Bonchev–Trinajstić information content (AvgIpc) is 2.31. The summed E-state index contributed by atoms with van der Waals surface area (Å²) in [4.78, 5) is 1.42. The molecule has 0 unspecified atom stereocenters. The van der Waals surface area contributed by atoms with Crippen molar-refractivity contribution in [2.75, 3.05) is 26.7 Å². The van der Waals surface area contributed by atoms with Gasteiger partial charge in [0.1, 0.15) is 0 Å². The first-order chi connectivity index (χ1) is 8.58. The second kappa shape index (κ2) is 7.23. The lowest BCUT2D eigenvalue weighted by Gasteiger charge is -2.21. The first kappa shape index (κ1) is 14.8. The summed E-state index contributed by atoms with van der Waals surface area (Å²) in [6.45, 7) is 0.206. The van der Waals surface area contributed by atoms with Crippen molar-refractivity contribution in [1.29, 1.82) is 0 Å². The predicted molar refractivity (Wildman–Crippen MR) is 63.3 cm³/mol. The van der Waals surface area contributed by atoms with Crippen LogP contribution in [-0.2, 0) is 6.54 Å². The second-order valence-corrected chi connectivity index (χ2v) is 3.85. The third kappa shape index (κ3) is 4.19. The summed E-state index contributed by atoms with van der Waals surface area (Å²) in [7, 11) is 1.36. The minimum Gasteiger partial charge on any atom is -0.494 e. The molecule has 0 fully saturated rings. The summed E-state index contributed by atoms with van der Waals surface area (Å²) in [6, 6.07) is 4.66. The Morgan fingerprint density at radius 2 is 2.11 bits per heavy atom. The van der Waals surface area contributed by atoms with E-state index >= 15 is 0 Å². The molecule has 0 bridgehead atoms. The molecule has 0 spiro atoms. The normalized spacial score (nSPS) is 11.3. The van der Waals surface area contributed by atoms with E-state index in [1.807, 2.05) is 0 Å². The van der Waals surface area contributed by atoms with Crippen molar-refractivity contribution in [3.8, 4) is 5.75 Å². The van der Waals surface area contributed by atoms with Crippen LogP contribution in [-0.4, -0.2) is 38.1 Å². The van der Waals surface area contributed by atoms with Gasteiger partial charge in [0.2, 0.25) is 0 Å². The smallest absolute Gasteiger partial charge is 0.251 e. The maximum atomic E-state index is 13.8. The topological polar surface area (TPSA) is 38.5 Å². The van der Waals surface area contributed by atoms with E-state index in [0.717, 1.165) is 0 Å². The first-order valence-electron chi connectivity index (χ1n) is 5.60. The van der Waals surface area contributed by atoms with Crippen LogP contribution in [0.2, 0.25) is 0 Å². The molecule has 1 aromatic carbocycles. The molecular weight excluding hydrogens is 245 g/mol. The Hall–Kier alpha value is -1.27. The van der Waals surface area contributed by atoms with Gasteiger partial charge in [0.25, 0.3) is 6.43 Å². The van der Waals surface area contributed by atoms with Gasteiger partial charge >= 0.3 is 0 Å². The minimum atomic E-state index is -2.47. The highest BCUT2D eigenvalue weighted by Crippen LogP contribution is 2.21. The molecule has 0 saturated heterocycles. The van der Waals surface area contributed by atoms with Gasteiger partial charge in [-0.3, -0.25) is 4.90 Å². The van der Waals surface area contributed by atoms with Gasteiger partial charge in [0.05, 0.1) is 13.7 Å². The van der Waals surface area contributed by atoms with Gasteiger partial charge in [-0.05, 0) is 6.07 Å². The molecule has 0 radical (unpaired) electrons. The van der Waals surface area contributed by atoms with E-state index in [9.17, 15) is 13.2 Å². The van der Waals surface area contributed by atoms with Crippen molar-refractivity contribution >= 4 is 0 Å². The van der Waals surface area contributed by atoms with E-state index in [1.54, 1.807) is 12.1 Å². The van der Waals surface area contributed by atoms with Crippen molar-refractivity contribution in [1.82, 2.24) is 4.90 Å². The maximum absolute atomic E-state index is 13.8. The molecule has 0 saturated carbocycles. The lowest BCUT2D eigenvalue weighted by atomic mass is 10.2. The number of alkyl halides is 2. The lowest BCUT2D eigenvalue weighted by Crippen LogP contribution is -2.33. The fourth-order valence-electron chi connectivity index (χ4n) is 1.69. The zero-order valence-corrected chi connectivity index (χ0v) is 10.2. The Bertz CT molecular complexity index is 374. The second-order valence-electron chi connectivity index (χ2n) is 3.85. The number of halogens is 3. The fraction of sp³-hybridized carbons (Fsp3) is 0.500. The van der Waals surface area contributed by atoms with E-state index in [1.165, 1.54) is 18.1 Å². The Morgan fingerprint density at radius 3 is 2.67 bits per heavy atom. The number of benzene rings is 1. The van der Waals surface area contributed by atoms with Crippen molar-refractivity contribution < 1.29 is 17.9 Å². The molecular formula is C12H17F3N2O. The Kier molecular flexibility index (Phi) is 5.94. The van der Waals surface area contributed by atoms with Gasteiger partial charge < -0.3 is 10.5 Å². The quantitative estimate of drug-likeness (QED) is 0.815. The number of ether oxygens (including phenoxy) is 1.